The van der Waals surface area contributed by atoms with Crippen LogP contribution in [0.3, 0.4) is 0 Å². The van der Waals surface area contributed by atoms with Crippen molar-refractivity contribution in [2.45, 2.75) is 11.0 Å². The fourth-order valence-corrected chi connectivity index (χ4v) is 3.46. The number of nitrogens with zero attached hydrogens (tertiary/aromatic N) is 1. The molecule has 1 rings (SSSR count). The van der Waals surface area contributed by atoms with Gasteiger partial charge in [-0.3, -0.25) is 0 Å². The highest BCUT2D eigenvalue weighted by atomic mass is 32.2. The Labute approximate surface area is 112 Å². The monoisotopic (exact) mass is 271 g/mol. The summed E-state index contributed by atoms with van der Waals surface area (Å²) in [5.41, 5.74) is 1.37. The molecule has 0 radical (unpaired) electrons. The maximum atomic E-state index is 5.31. The molecular formula is C12H17NS3. The molecule has 0 amide bonds. The van der Waals surface area contributed by atoms with E-state index in [9.17, 15) is 0 Å². The van der Waals surface area contributed by atoms with Gasteiger partial charge in [0.15, 0.2) is 0 Å². The van der Waals surface area contributed by atoms with Crippen LogP contribution in [-0.4, -0.2) is 34.2 Å². The molecule has 1 nitrogen and oxygen atoms in total. The van der Waals surface area contributed by atoms with Gasteiger partial charge in [0.25, 0.3) is 0 Å². The Morgan fingerprint density at radius 3 is 2.44 bits per heavy atom. The van der Waals surface area contributed by atoms with E-state index < -0.39 is 0 Å². The molecule has 1 unspecified atom stereocenters. The molecule has 1 atom stereocenters. The Morgan fingerprint density at radius 2 is 1.94 bits per heavy atom. The standard InChI is InChI=1S/C12H17NS3/c1-13(2)12(14)16-11(15-3)9-10-7-5-4-6-8-10/h4-8,11H,9H2,1-3H3. The molecule has 0 N–H and O–H groups in total. The van der Waals surface area contributed by atoms with E-state index in [1.807, 2.05) is 30.8 Å². The summed E-state index contributed by atoms with van der Waals surface area (Å²) in [7, 11) is 3.99. The van der Waals surface area contributed by atoms with Gasteiger partial charge in [0, 0.05) is 14.1 Å². The van der Waals surface area contributed by atoms with Crippen LogP contribution in [0.5, 0.6) is 0 Å². The van der Waals surface area contributed by atoms with Crippen LogP contribution in [-0.2, 0) is 6.42 Å². The molecular weight excluding hydrogens is 254 g/mol. The minimum Gasteiger partial charge on any atom is -0.364 e. The second-order valence-corrected chi connectivity index (χ2v) is 6.81. The number of rotatable bonds is 4. The van der Waals surface area contributed by atoms with Crippen LogP contribution in [0.2, 0.25) is 0 Å². The summed E-state index contributed by atoms with van der Waals surface area (Å²) in [4.78, 5) is 1.99. The van der Waals surface area contributed by atoms with Crippen LogP contribution in [0, 0.1) is 0 Å². The zero-order chi connectivity index (χ0) is 12.0. The maximum Gasteiger partial charge on any atom is 0.136 e. The summed E-state index contributed by atoms with van der Waals surface area (Å²) in [6.45, 7) is 0. The van der Waals surface area contributed by atoms with Crippen LogP contribution in [0.4, 0.5) is 0 Å². The molecule has 1 aromatic carbocycles. The van der Waals surface area contributed by atoms with Gasteiger partial charge in [-0.25, -0.2) is 0 Å². The first kappa shape index (κ1) is 13.9. The maximum absolute atomic E-state index is 5.31. The largest absolute Gasteiger partial charge is 0.364 e. The van der Waals surface area contributed by atoms with Crippen molar-refractivity contribution >= 4 is 40.1 Å². The van der Waals surface area contributed by atoms with Crippen molar-refractivity contribution in [2.75, 3.05) is 20.4 Å². The molecule has 0 aliphatic heterocycles. The van der Waals surface area contributed by atoms with Gasteiger partial charge in [0.1, 0.15) is 4.32 Å². The van der Waals surface area contributed by atoms with Crippen molar-refractivity contribution < 1.29 is 0 Å². The number of hydrogen-bond acceptors (Lipinski definition) is 3. The van der Waals surface area contributed by atoms with E-state index in [4.69, 9.17) is 12.2 Å². The Balaban J connectivity index is 2.53. The number of benzene rings is 1. The summed E-state index contributed by atoms with van der Waals surface area (Å²) in [6.07, 6.45) is 3.19. The molecule has 1 aromatic rings. The van der Waals surface area contributed by atoms with Gasteiger partial charge in [-0.2, -0.15) is 11.8 Å². The summed E-state index contributed by atoms with van der Waals surface area (Å²) < 4.78 is 1.45. The molecule has 0 bridgehead atoms. The predicted molar refractivity (Wildman–Crippen MR) is 81.3 cm³/mol. The van der Waals surface area contributed by atoms with E-state index in [1.54, 1.807) is 11.8 Å². The molecule has 0 fully saturated rings. The topological polar surface area (TPSA) is 3.24 Å². The molecule has 0 saturated heterocycles. The Morgan fingerprint density at radius 1 is 1.31 bits per heavy atom. The minimum atomic E-state index is 0.497. The van der Waals surface area contributed by atoms with Gasteiger partial charge in [-0.15, -0.1) is 0 Å². The molecule has 88 valence electrons. The van der Waals surface area contributed by atoms with Crippen molar-refractivity contribution in [3.63, 3.8) is 0 Å². The second kappa shape index (κ2) is 7.20. The summed E-state index contributed by atoms with van der Waals surface area (Å²) in [6, 6.07) is 10.6. The molecule has 0 heterocycles. The van der Waals surface area contributed by atoms with Crippen molar-refractivity contribution in [1.29, 1.82) is 0 Å². The highest BCUT2D eigenvalue weighted by Crippen LogP contribution is 2.27. The highest BCUT2D eigenvalue weighted by molar-refractivity contribution is 8.30. The normalized spacial score (nSPS) is 12.2. The Hall–Kier alpha value is -0.190. The third-order valence-corrected chi connectivity index (χ3v) is 5.31. The zero-order valence-electron chi connectivity index (χ0n) is 9.84. The van der Waals surface area contributed by atoms with E-state index in [0.29, 0.717) is 4.58 Å². The van der Waals surface area contributed by atoms with Crippen LogP contribution in [0.1, 0.15) is 5.56 Å². The van der Waals surface area contributed by atoms with E-state index in [2.05, 4.69) is 36.6 Å². The first-order valence-electron chi connectivity index (χ1n) is 5.08. The zero-order valence-corrected chi connectivity index (χ0v) is 12.3. The van der Waals surface area contributed by atoms with E-state index in [1.165, 1.54) is 5.56 Å². The summed E-state index contributed by atoms with van der Waals surface area (Å²) in [5, 5.41) is 0. The molecule has 0 aliphatic carbocycles. The SMILES string of the molecule is CSC(Cc1ccccc1)SC(=S)N(C)C. The fourth-order valence-electron chi connectivity index (χ4n) is 1.20. The molecule has 4 heteroatoms. The second-order valence-electron chi connectivity index (χ2n) is 3.63. The van der Waals surface area contributed by atoms with Gasteiger partial charge in [0.05, 0.1) is 4.58 Å². The van der Waals surface area contributed by atoms with Crippen molar-refractivity contribution in [3.05, 3.63) is 35.9 Å². The predicted octanol–water partition coefficient (Wildman–Crippen LogP) is 3.50. The van der Waals surface area contributed by atoms with Crippen LogP contribution in [0.15, 0.2) is 30.3 Å². The van der Waals surface area contributed by atoms with Gasteiger partial charge in [0.2, 0.25) is 0 Å². The van der Waals surface area contributed by atoms with Crippen LogP contribution < -0.4 is 0 Å². The quantitative estimate of drug-likeness (QED) is 0.609. The summed E-state index contributed by atoms with van der Waals surface area (Å²) >= 11 is 8.94. The lowest BCUT2D eigenvalue weighted by atomic mass is 10.2. The van der Waals surface area contributed by atoms with Crippen molar-refractivity contribution in [2.24, 2.45) is 0 Å². The lowest BCUT2D eigenvalue weighted by molar-refractivity contribution is 0.648. The van der Waals surface area contributed by atoms with Crippen molar-refractivity contribution in [3.8, 4) is 0 Å². The van der Waals surface area contributed by atoms with Crippen molar-refractivity contribution in [1.82, 2.24) is 4.90 Å². The minimum absolute atomic E-state index is 0.497. The third kappa shape index (κ3) is 4.76. The fraction of sp³-hybridized carbons (Fsp3) is 0.417. The highest BCUT2D eigenvalue weighted by Gasteiger charge is 2.12. The molecule has 0 saturated carbocycles. The molecule has 0 spiro atoms. The molecule has 0 aliphatic rings. The lowest BCUT2D eigenvalue weighted by Gasteiger charge is -2.18. The number of thioether (sulfide) groups is 2. The third-order valence-electron chi connectivity index (χ3n) is 2.11. The number of thiocarbonyl (C=S) groups is 1. The first-order chi connectivity index (χ1) is 7.63. The van der Waals surface area contributed by atoms with Crippen LogP contribution >= 0.6 is 35.7 Å². The van der Waals surface area contributed by atoms with E-state index in [-0.39, 0.29) is 0 Å². The van der Waals surface area contributed by atoms with E-state index in [0.717, 1.165) is 10.7 Å². The van der Waals surface area contributed by atoms with Crippen LogP contribution in [0.25, 0.3) is 0 Å². The Bertz CT molecular complexity index is 324. The summed E-state index contributed by atoms with van der Waals surface area (Å²) in [5.74, 6) is 0. The lowest BCUT2D eigenvalue weighted by Crippen LogP contribution is -2.19. The molecule has 16 heavy (non-hydrogen) atoms. The smallest absolute Gasteiger partial charge is 0.136 e. The van der Waals surface area contributed by atoms with Gasteiger partial charge in [-0.05, 0) is 18.2 Å². The average Bonchev–Trinajstić information content (AvgIpc) is 2.29. The van der Waals surface area contributed by atoms with E-state index >= 15 is 0 Å². The van der Waals surface area contributed by atoms with Gasteiger partial charge >= 0.3 is 0 Å². The Kier molecular flexibility index (Phi) is 6.24. The number of hydrogen-bond donors (Lipinski definition) is 0. The molecule has 0 aromatic heterocycles. The van der Waals surface area contributed by atoms with Gasteiger partial charge in [-0.1, -0.05) is 54.3 Å². The average molecular weight is 271 g/mol. The van der Waals surface area contributed by atoms with Gasteiger partial charge < -0.3 is 4.90 Å². The first-order valence-corrected chi connectivity index (χ1v) is 7.65.